The van der Waals surface area contributed by atoms with E-state index in [1.165, 1.54) is 18.6 Å². The molecular formula is C16H20FN3O4S. The van der Waals surface area contributed by atoms with Crippen LogP contribution in [0, 0.1) is 5.82 Å². The number of hydrogen-bond donors (Lipinski definition) is 0. The minimum Gasteiger partial charge on any atom is -0.336 e. The van der Waals surface area contributed by atoms with Crippen LogP contribution in [-0.4, -0.2) is 43.0 Å². The zero-order chi connectivity index (χ0) is 18.0. The first-order valence-corrected chi connectivity index (χ1v) is 9.99. The van der Waals surface area contributed by atoms with E-state index in [1.54, 1.807) is 6.92 Å². The summed E-state index contributed by atoms with van der Waals surface area (Å²) in [5.41, 5.74) is 0.338. The highest BCUT2D eigenvalue weighted by molar-refractivity contribution is 7.90. The van der Waals surface area contributed by atoms with Gasteiger partial charge in [-0.25, -0.2) is 12.8 Å². The van der Waals surface area contributed by atoms with E-state index in [0.717, 1.165) is 38.3 Å². The molecule has 0 radical (unpaired) electrons. The van der Waals surface area contributed by atoms with E-state index in [2.05, 4.69) is 10.1 Å². The predicted octanol–water partition coefficient (Wildman–Crippen LogP) is 2.76. The van der Waals surface area contributed by atoms with Crippen molar-refractivity contribution in [2.75, 3.05) is 19.3 Å². The van der Waals surface area contributed by atoms with Crippen LogP contribution >= 0.6 is 0 Å². The smallest absolute Gasteiger partial charge is 0.257 e. The molecule has 25 heavy (non-hydrogen) atoms. The van der Waals surface area contributed by atoms with E-state index in [-0.39, 0.29) is 16.6 Å². The van der Waals surface area contributed by atoms with E-state index in [9.17, 15) is 12.8 Å². The Bertz CT molecular complexity index is 847. The molecule has 1 aliphatic heterocycles. The minimum absolute atomic E-state index is 0.183. The number of hydrogen-bond acceptors (Lipinski definition) is 7. The van der Waals surface area contributed by atoms with Gasteiger partial charge in [-0.1, -0.05) is 11.6 Å². The SMILES string of the molecule is C[C@@H](ON1CCCCC1)c1nc(-c2ccc(S(C)(=O)=O)c(F)c2)no1. The van der Waals surface area contributed by atoms with Gasteiger partial charge in [0.05, 0.1) is 0 Å². The average molecular weight is 369 g/mol. The first-order chi connectivity index (χ1) is 11.8. The third-order valence-electron chi connectivity index (χ3n) is 4.00. The number of nitrogens with zero attached hydrogens (tertiary/aromatic N) is 3. The molecule has 0 unspecified atom stereocenters. The Morgan fingerprint density at radius 1 is 1.28 bits per heavy atom. The van der Waals surface area contributed by atoms with Crippen LogP contribution in [-0.2, 0) is 14.7 Å². The molecule has 0 N–H and O–H groups in total. The summed E-state index contributed by atoms with van der Waals surface area (Å²) in [6.07, 6.45) is 3.92. The lowest BCUT2D eigenvalue weighted by Gasteiger charge is -2.27. The number of sulfone groups is 1. The highest BCUT2D eigenvalue weighted by atomic mass is 32.2. The van der Waals surface area contributed by atoms with Crippen LogP contribution in [0.3, 0.4) is 0 Å². The van der Waals surface area contributed by atoms with E-state index in [4.69, 9.17) is 9.36 Å². The van der Waals surface area contributed by atoms with Crippen molar-refractivity contribution in [1.29, 1.82) is 0 Å². The fraction of sp³-hybridized carbons (Fsp3) is 0.500. The molecule has 136 valence electrons. The molecule has 1 atom stereocenters. The predicted molar refractivity (Wildman–Crippen MR) is 87.7 cm³/mol. The highest BCUT2D eigenvalue weighted by Gasteiger charge is 2.21. The number of halogens is 1. The molecule has 1 aromatic carbocycles. The fourth-order valence-electron chi connectivity index (χ4n) is 2.70. The summed E-state index contributed by atoms with van der Waals surface area (Å²) in [5, 5.41) is 5.72. The molecule has 1 fully saturated rings. The molecule has 7 nitrogen and oxygen atoms in total. The monoisotopic (exact) mass is 369 g/mol. The summed E-state index contributed by atoms with van der Waals surface area (Å²) in [6, 6.07) is 3.73. The summed E-state index contributed by atoms with van der Waals surface area (Å²) >= 11 is 0. The molecule has 1 aliphatic rings. The van der Waals surface area contributed by atoms with E-state index in [1.807, 2.05) is 5.06 Å². The average Bonchev–Trinajstić information content (AvgIpc) is 3.04. The van der Waals surface area contributed by atoms with Gasteiger partial charge >= 0.3 is 0 Å². The molecule has 1 saturated heterocycles. The second kappa shape index (κ2) is 7.19. The summed E-state index contributed by atoms with van der Waals surface area (Å²) in [6.45, 7) is 3.53. The van der Waals surface area contributed by atoms with Gasteiger partial charge in [0.1, 0.15) is 10.7 Å². The Morgan fingerprint density at radius 3 is 2.64 bits per heavy atom. The lowest BCUT2D eigenvalue weighted by atomic mass is 10.2. The number of piperidine rings is 1. The third-order valence-corrected chi connectivity index (χ3v) is 5.13. The van der Waals surface area contributed by atoms with Crippen LogP contribution in [0.4, 0.5) is 4.39 Å². The molecule has 0 spiro atoms. The van der Waals surface area contributed by atoms with Crippen molar-refractivity contribution in [3.05, 3.63) is 29.9 Å². The molecule has 0 amide bonds. The summed E-state index contributed by atoms with van der Waals surface area (Å²) < 4.78 is 42.2. The van der Waals surface area contributed by atoms with Gasteiger partial charge < -0.3 is 4.52 Å². The fourth-order valence-corrected chi connectivity index (χ4v) is 3.43. The maximum absolute atomic E-state index is 14.0. The van der Waals surface area contributed by atoms with Gasteiger partial charge in [-0.15, -0.1) is 0 Å². The Kier molecular flexibility index (Phi) is 5.16. The van der Waals surface area contributed by atoms with E-state index < -0.39 is 21.8 Å². The number of rotatable bonds is 5. The first-order valence-electron chi connectivity index (χ1n) is 8.10. The van der Waals surface area contributed by atoms with Crippen LogP contribution in [0.1, 0.15) is 38.2 Å². The molecule has 0 bridgehead atoms. The van der Waals surface area contributed by atoms with Crippen molar-refractivity contribution >= 4 is 9.84 Å². The maximum atomic E-state index is 14.0. The van der Waals surface area contributed by atoms with Gasteiger partial charge in [-0.05, 0) is 38.0 Å². The van der Waals surface area contributed by atoms with Crippen LogP contribution in [0.15, 0.2) is 27.6 Å². The molecule has 0 aliphatic carbocycles. The first kappa shape index (κ1) is 18.0. The molecule has 9 heteroatoms. The Morgan fingerprint density at radius 2 is 2.00 bits per heavy atom. The molecule has 0 saturated carbocycles. The van der Waals surface area contributed by atoms with Crippen molar-refractivity contribution in [3.63, 3.8) is 0 Å². The standard InChI is InChI=1S/C16H20FN3O4S/c1-11(24-20-8-4-3-5-9-20)16-18-15(19-23-16)12-6-7-14(13(17)10-12)25(2,21)22/h6-7,10-11H,3-5,8-9H2,1-2H3/t11-/m1/s1. The van der Waals surface area contributed by atoms with Crippen molar-refractivity contribution < 1.29 is 22.2 Å². The van der Waals surface area contributed by atoms with Crippen molar-refractivity contribution in [2.45, 2.75) is 37.2 Å². The summed E-state index contributed by atoms with van der Waals surface area (Å²) in [4.78, 5) is 9.67. The van der Waals surface area contributed by atoms with Crippen LogP contribution in [0.5, 0.6) is 0 Å². The van der Waals surface area contributed by atoms with E-state index >= 15 is 0 Å². The highest BCUT2D eigenvalue weighted by Crippen LogP contribution is 2.25. The summed E-state index contributed by atoms with van der Waals surface area (Å²) in [5.74, 6) is -0.375. The van der Waals surface area contributed by atoms with Gasteiger partial charge in [-0.2, -0.15) is 10.0 Å². The van der Waals surface area contributed by atoms with Crippen molar-refractivity contribution in [1.82, 2.24) is 15.2 Å². The van der Waals surface area contributed by atoms with Crippen molar-refractivity contribution in [2.24, 2.45) is 0 Å². The third kappa shape index (κ3) is 4.23. The molecule has 2 heterocycles. The summed E-state index contributed by atoms with van der Waals surface area (Å²) in [7, 11) is -3.62. The van der Waals surface area contributed by atoms with E-state index in [0.29, 0.717) is 5.56 Å². The van der Waals surface area contributed by atoms with Crippen LogP contribution in [0.25, 0.3) is 11.4 Å². The zero-order valence-electron chi connectivity index (χ0n) is 14.1. The lowest BCUT2D eigenvalue weighted by Crippen LogP contribution is -2.31. The lowest BCUT2D eigenvalue weighted by molar-refractivity contribution is -0.209. The Labute approximate surface area is 145 Å². The van der Waals surface area contributed by atoms with Gasteiger partial charge in [0.15, 0.2) is 15.9 Å². The minimum atomic E-state index is -3.62. The van der Waals surface area contributed by atoms with Gasteiger partial charge in [-0.3, -0.25) is 4.84 Å². The van der Waals surface area contributed by atoms with Gasteiger partial charge in [0.25, 0.3) is 5.89 Å². The zero-order valence-corrected chi connectivity index (χ0v) is 14.9. The topological polar surface area (TPSA) is 85.5 Å². The number of benzene rings is 1. The van der Waals surface area contributed by atoms with Gasteiger partial charge in [0.2, 0.25) is 5.82 Å². The Hall–Kier alpha value is -1.84. The number of hydroxylamine groups is 2. The molecule has 2 aromatic rings. The molecule has 3 rings (SSSR count). The normalized spacial score (nSPS) is 17.6. The number of aromatic nitrogens is 2. The Balaban J connectivity index is 1.75. The second-order valence-corrected chi connectivity index (χ2v) is 8.10. The molecular weight excluding hydrogens is 349 g/mol. The quantitative estimate of drug-likeness (QED) is 0.801. The van der Waals surface area contributed by atoms with Crippen LogP contribution < -0.4 is 0 Å². The van der Waals surface area contributed by atoms with Gasteiger partial charge in [0, 0.05) is 24.9 Å². The second-order valence-electron chi connectivity index (χ2n) is 6.11. The molecule has 1 aromatic heterocycles. The van der Waals surface area contributed by atoms with Crippen molar-refractivity contribution in [3.8, 4) is 11.4 Å². The maximum Gasteiger partial charge on any atom is 0.257 e. The van der Waals surface area contributed by atoms with Crippen LogP contribution in [0.2, 0.25) is 0 Å². The largest absolute Gasteiger partial charge is 0.336 e.